The predicted molar refractivity (Wildman–Crippen MR) is 118 cm³/mol. The van der Waals surface area contributed by atoms with E-state index in [0.717, 1.165) is 23.3 Å². The van der Waals surface area contributed by atoms with Crippen molar-refractivity contribution < 1.29 is 27.6 Å². The Morgan fingerprint density at radius 1 is 1.06 bits per heavy atom. The molecular formula is C25H27F3N2O3. The number of benzene rings is 2. The second-order valence-corrected chi connectivity index (χ2v) is 8.41. The number of rotatable bonds is 8. The van der Waals surface area contributed by atoms with E-state index in [9.17, 15) is 27.6 Å². The van der Waals surface area contributed by atoms with Crippen molar-refractivity contribution >= 4 is 17.6 Å². The molecule has 8 heteroatoms. The second-order valence-electron chi connectivity index (χ2n) is 8.41. The highest BCUT2D eigenvalue weighted by atomic mass is 19.4. The summed E-state index contributed by atoms with van der Waals surface area (Å²) in [4.78, 5) is 38.7. The highest BCUT2D eigenvalue weighted by molar-refractivity contribution is 5.98. The Morgan fingerprint density at radius 3 is 2.45 bits per heavy atom. The van der Waals surface area contributed by atoms with Crippen molar-refractivity contribution in [3.8, 4) is 0 Å². The van der Waals surface area contributed by atoms with Crippen LogP contribution in [0.1, 0.15) is 64.3 Å². The van der Waals surface area contributed by atoms with Crippen molar-refractivity contribution in [1.29, 1.82) is 0 Å². The lowest BCUT2D eigenvalue weighted by Crippen LogP contribution is -2.38. The zero-order chi connectivity index (χ0) is 24.2. The van der Waals surface area contributed by atoms with Gasteiger partial charge >= 0.3 is 6.18 Å². The van der Waals surface area contributed by atoms with Crippen molar-refractivity contribution in [2.24, 2.45) is 0 Å². The Kier molecular flexibility index (Phi) is 7.56. The van der Waals surface area contributed by atoms with Crippen LogP contribution in [0.25, 0.3) is 0 Å². The molecule has 1 aliphatic heterocycles. The molecule has 0 saturated carbocycles. The largest absolute Gasteiger partial charge is 0.416 e. The van der Waals surface area contributed by atoms with Crippen molar-refractivity contribution in [3.05, 3.63) is 70.3 Å². The lowest BCUT2D eigenvalue weighted by Gasteiger charge is -2.26. The maximum atomic E-state index is 13.2. The van der Waals surface area contributed by atoms with Gasteiger partial charge in [0.2, 0.25) is 11.8 Å². The quantitative estimate of drug-likeness (QED) is 0.578. The summed E-state index contributed by atoms with van der Waals surface area (Å²) in [6, 6.07) is 9.27. The molecule has 2 aromatic rings. The van der Waals surface area contributed by atoms with Gasteiger partial charge in [-0.15, -0.1) is 0 Å². The summed E-state index contributed by atoms with van der Waals surface area (Å²) in [5, 5.41) is 2.73. The maximum Gasteiger partial charge on any atom is 0.416 e. The summed E-state index contributed by atoms with van der Waals surface area (Å²) < 4.78 is 39.6. The standard InChI is InChI=1S/C25H27F3N2O3/c1-16-8-9-19(13-17(16)2)22(31)10-11-23(32)29-21(15-30-12-4-7-24(30)33)18-5-3-6-20(14-18)25(26,27)28/h3,5-6,8-9,13-14,21H,4,7,10-12,15H2,1-2H3,(H,29,32). The van der Waals surface area contributed by atoms with Crippen LogP contribution >= 0.6 is 0 Å². The average molecular weight is 460 g/mol. The molecule has 5 nitrogen and oxygen atoms in total. The Balaban J connectivity index is 1.71. The van der Waals surface area contributed by atoms with Crippen molar-refractivity contribution in [2.75, 3.05) is 13.1 Å². The van der Waals surface area contributed by atoms with Gasteiger partial charge in [-0.05, 0) is 55.2 Å². The first-order valence-corrected chi connectivity index (χ1v) is 10.9. The third-order valence-electron chi connectivity index (χ3n) is 5.93. The number of halogens is 3. The molecule has 1 heterocycles. The molecule has 0 aliphatic carbocycles. The number of carbonyl (C=O) groups is 3. The number of carbonyl (C=O) groups excluding carboxylic acids is 3. The van der Waals surface area contributed by atoms with Gasteiger partial charge in [0.05, 0.1) is 11.6 Å². The van der Waals surface area contributed by atoms with E-state index in [1.54, 1.807) is 17.0 Å². The summed E-state index contributed by atoms with van der Waals surface area (Å²) in [6.07, 6.45) is -3.59. The van der Waals surface area contributed by atoms with Gasteiger partial charge in [-0.2, -0.15) is 13.2 Å². The predicted octanol–water partition coefficient (Wildman–Crippen LogP) is 4.77. The summed E-state index contributed by atoms with van der Waals surface area (Å²) >= 11 is 0. The van der Waals surface area contributed by atoms with E-state index in [4.69, 9.17) is 0 Å². The number of Topliss-reactive ketones (excluding diaryl/α,β-unsaturated/α-hetero) is 1. The molecule has 2 aromatic carbocycles. The van der Waals surface area contributed by atoms with Crippen molar-refractivity contribution in [3.63, 3.8) is 0 Å². The number of hydrogen-bond acceptors (Lipinski definition) is 3. The molecule has 2 amide bonds. The van der Waals surface area contributed by atoms with Gasteiger partial charge in [-0.3, -0.25) is 14.4 Å². The van der Waals surface area contributed by atoms with E-state index in [1.165, 1.54) is 12.1 Å². The van der Waals surface area contributed by atoms with Gasteiger partial charge < -0.3 is 10.2 Å². The first-order valence-electron chi connectivity index (χ1n) is 10.9. The fourth-order valence-electron chi connectivity index (χ4n) is 3.84. The minimum absolute atomic E-state index is 0.0215. The Bertz CT molecular complexity index is 1050. The van der Waals surface area contributed by atoms with Crippen LogP contribution in [0.4, 0.5) is 13.2 Å². The summed E-state index contributed by atoms with van der Waals surface area (Å²) in [5.41, 5.74) is 1.99. The zero-order valence-electron chi connectivity index (χ0n) is 18.7. The molecule has 1 saturated heterocycles. The molecule has 1 fully saturated rings. The molecule has 0 spiro atoms. The molecule has 0 aromatic heterocycles. The first-order chi connectivity index (χ1) is 15.5. The Labute approximate surface area is 191 Å². The summed E-state index contributed by atoms with van der Waals surface area (Å²) in [7, 11) is 0. The third kappa shape index (κ3) is 6.43. The van der Waals surface area contributed by atoms with E-state index in [-0.39, 0.29) is 36.6 Å². The highest BCUT2D eigenvalue weighted by Crippen LogP contribution is 2.31. The van der Waals surface area contributed by atoms with E-state index >= 15 is 0 Å². The first kappa shape index (κ1) is 24.5. The number of nitrogens with zero attached hydrogens (tertiary/aromatic N) is 1. The smallest absolute Gasteiger partial charge is 0.347 e. The van der Waals surface area contributed by atoms with Gasteiger partial charge in [-0.25, -0.2) is 0 Å². The average Bonchev–Trinajstić information content (AvgIpc) is 3.17. The minimum Gasteiger partial charge on any atom is -0.347 e. The SMILES string of the molecule is Cc1ccc(C(=O)CCC(=O)NC(CN2CCCC2=O)c2cccc(C(F)(F)F)c2)cc1C. The molecular weight excluding hydrogens is 433 g/mol. The van der Waals surface area contributed by atoms with Crippen LogP contribution in [-0.2, 0) is 15.8 Å². The van der Waals surface area contributed by atoms with E-state index in [0.29, 0.717) is 24.9 Å². The van der Waals surface area contributed by atoms with Gasteiger partial charge in [0, 0.05) is 37.9 Å². The molecule has 3 rings (SSSR count). The molecule has 1 atom stereocenters. The molecule has 176 valence electrons. The van der Waals surface area contributed by atoms with Crippen LogP contribution in [-0.4, -0.2) is 35.6 Å². The topological polar surface area (TPSA) is 66.5 Å². The maximum absolute atomic E-state index is 13.2. The van der Waals surface area contributed by atoms with Crippen LogP contribution in [0, 0.1) is 13.8 Å². The molecule has 0 radical (unpaired) electrons. The highest BCUT2D eigenvalue weighted by Gasteiger charge is 2.32. The minimum atomic E-state index is -4.52. The van der Waals surface area contributed by atoms with E-state index < -0.39 is 23.7 Å². The van der Waals surface area contributed by atoms with Crippen LogP contribution in [0.15, 0.2) is 42.5 Å². The lowest BCUT2D eigenvalue weighted by atomic mass is 10.0. The second kappa shape index (κ2) is 10.2. The normalized spacial score (nSPS) is 14.9. The Hall–Kier alpha value is -3.16. The van der Waals surface area contributed by atoms with Gasteiger partial charge in [-0.1, -0.05) is 24.3 Å². The number of aryl methyl sites for hydroxylation is 2. The summed E-state index contributed by atoms with van der Waals surface area (Å²) in [5.74, 6) is -0.731. The van der Waals surface area contributed by atoms with Crippen LogP contribution in [0.5, 0.6) is 0 Å². The number of nitrogens with one attached hydrogen (secondary N) is 1. The molecule has 33 heavy (non-hydrogen) atoms. The number of amides is 2. The van der Waals surface area contributed by atoms with Crippen LogP contribution in [0.2, 0.25) is 0 Å². The number of hydrogen-bond donors (Lipinski definition) is 1. The monoisotopic (exact) mass is 460 g/mol. The lowest BCUT2D eigenvalue weighted by molar-refractivity contribution is -0.137. The van der Waals surface area contributed by atoms with Crippen LogP contribution in [0.3, 0.4) is 0 Å². The van der Waals surface area contributed by atoms with E-state index in [2.05, 4.69) is 5.32 Å². The van der Waals surface area contributed by atoms with E-state index in [1.807, 2.05) is 19.9 Å². The molecule has 0 bridgehead atoms. The third-order valence-corrected chi connectivity index (χ3v) is 5.93. The summed E-state index contributed by atoms with van der Waals surface area (Å²) in [6.45, 7) is 4.42. The van der Waals surface area contributed by atoms with Crippen molar-refractivity contribution in [2.45, 2.75) is 51.7 Å². The van der Waals surface area contributed by atoms with Crippen LogP contribution < -0.4 is 5.32 Å². The fourth-order valence-corrected chi connectivity index (χ4v) is 3.84. The number of ketones is 1. The Morgan fingerprint density at radius 2 is 1.82 bits per heavy atom. The van der Waals surface area contributed by atoms with Crippen molar-refractivity contribution in [1.82, 2.24) is 10.2 Å². The molecule has 1 unspecified atom stereocenters. The van der Waals surface area contributed by atoms with Gasteiger partial charge in [0.15, 0.2) is 5.78 Å². The number of alkyl halides is 3. The fraction of sp³-hybridized carbons (Fsp3) is 0.400. The zero-order valence-corrected chi connectivity index (χ0v) is 18.7. The van der Waals surface area contributed by atoms with Gasteiger partial charge in [0.1, 0.15) is 0 Å². The number of likely N-dealkylation sites (tertiary alicyclic amines) is 1. The molecule has 1 aliphatic rings. The molecule has 1 N–H and O–H groups in total. The van der Waals surface area contributed by atoms with Gasteiger partial charge in [0.25, 0.3) is 0 Å².